The zero-order chi connectivity index (χ0) is 14.3. The third-order valence-electron chi connectivity index (χ3n) is 2.22. The average Bonchev–Trinajstić information content (AvgIpc) is 2.35. The van der Waals surface area contributed by atoms with Crippen molar-refractivity contribution < 1.29 is 22.7 Å². The third-order valence-corrected chi connectivity index (χ3v) is 3.17. The maximum atomic E-state index is 11.4. The molecule has 6 nitrogen and oxygen atoms in total. The molecule has 0 aliphatic heterocycles. The highest BCUT2D eigenvalue weighted by Crippen LogP contribution is 2.25. The van der Waals surface area contributed by atoms with E-state index >= 15 is 0 Å². The van der Waals surface area contributed by atoms with Crippen molar-refractivity contribution in [3.8, 4) is 11.5 Å². The molecule has 19 heavy (non-hydrogen) atoms. The summed E-state index contributed by atoms with van der Waals surface area (Å²) in [6.07, 6.45) is 1.12. The van der Waals surface area contributed by atoms with Gasteiger partial charge in [-0.05, 0) is 12.1 Å². The number of rotatable bonds is 7. The fourth-order valence-corrected chi connectivity index (χ4v) is 1.78. The van der Waals surface area contributed by atoms with E-state index in [1.165, 1.54) is 7.11 Å². The van der Waals surface area contributed by atoms with Crippen LogP contribution in [0.2, 0.25) is 0 Å². The van der Waals surface area contributed by atoms with Gasteiger partial charge < -0.3 is 14.8 Å². The summed E-state index contributed by atoms with van der Waals surface area (Å²) in [5.41, 5.74) is 0. The first-order valence-corrected chi connectivity index (χ1v) is 7.68. The molecule has 7 heteroatoms. The Hall–Kier alpha value is -1.76. The molecule has 1 aromatic rings. The summed E-state index contributed by atoms with van der Waals surface area (Å²) in [5.74, 6) is 0.525. The zero-order valence-corrected chi connectivity index (χ0v) is 11.7. The van der Waals surface area contributed by atoms with Crippen LogP contribution >= 0.6 is 0 Å². The van der Waals surface area contributed by atoms with Gasteiger partial charge in [0.15, 0.2) is 18.1 Å². The van der Waals surface area contributed by atoms with Crippen LogP contribution in [0.4, 0.5) is 0 Å². The lowest BCUT2D eigenvalue weighted by molar-refractivity contribution is -0.122. The van der Waals surface area contributed by atoms with Gasteiger partial charge in [-0.3, -0.25) is 4.79 Å². The van der Waals surface area contributed by atoms with Crippen LogP contribution in [0, 0.1) is 0 Å². The Balaban J connectivity index is 2.38. The maximum Gasteiger partial charge on any atom is 0.257 e. The highest BCUT2D eigenvalue weighted by atomic mass is 32.2. The molecule has 0 aliphatic rings. The Morgan fingerprint density at radius 3 is 2.47 bits per heavy atom. The van der Waals surface area contributed by atoms with E-state index in [0.717, 1.165) is 6.26 Å². The van der Waals surface area contributed by atoms with Gasteiger partial charge in [-0.1, -0.05) is 12.1 Å². The number of nitrogens with one attached hydrogen (secondary N) is 1. The first-order valence-electron chi connectivity index (χ1n) is 5.62. The summed E-state index contributed by atoms with van der Waals surface area (Å²) in [7, 11) is -1.56. The van der Waals surface area contributed by atoms with E-state index < -0.39 is 9.84 Å². The van der Waals surface area contributed by atoms with E-state index in [2.05, 4.69) is 5.32 Å². The predicted molar refractivity (Wildman–Crippen MR) is 71.2 cm³/mol. The van der Waals surface area contributed by atoms with E-state index in [-0.39, 0.29) is 24.8 Å². The maximum absolute atomic E-state index is 11.4. The molecule has 0 spiro atoms. The molecule has 0 fully saturated rings. The molecule has 0 saturated carbocycles. The minimum atomic E-state index is -3.07. The molecule has 1 N–H and O–H groups in total. The Labute approximate surface area is 112 Å². The molecule has 0 saturated heterocycles. The molecule has 1 amide bonds. The van der Waals surface area contributed by atoms with E-state index in [9.17, 15) is 13.2 Å². The fraction of sp³-hybridized carbons (Fsp3) is 0.417. The normalized spacial score (nSPS) is 10.8. The van der Waals surface area contributed by atoms with Crippen molar-refractivity contribution in [2.24, 2.45) is 0 Å². The van der Waals surface area contributed by atoms with Crippen molar-refractivity contribution >= 4 is 15.7 Å². The predicted octanol–water partition coefficient (Wildman–Crippen LogP) is 0.235. The number of hydrogen-bond donors (Lipinski definition) is 1. The lowest BCUT2D eigenvalue weighted by Gasteiger charge is -2.10. The monoisotopic (exact) mass is 287 g/mol. The molecule has 0 aromatic heterocycles. The van der Waals surface area contributed by atoms with E-state index in [4.69, 9.17) is 9.47 Å². The summed E-state index contributed by atoms with van der Waals surface area (Å²) >= 11 is 0. The molecular weight excluding hydrogens is 270 g/mol. The average molecular weight is 287 g/mol. The Bertz CT molecular complexity index is 527. The molecule has 0 aliphatic carbocycles. The number of para-hydroxylation sites is 2. The van der Waals surface area contributed by atoms with Gasteiger partial charge in [0.05, 0.1) is 12.9 Å². The Kier molecular flexibility index (Phi) is 5.62. The van der Waals surface area contributed by atoms with Crippen LogP contribution in [-0.4, -0.2) is 46.6 Å². The molecule has 0 atom stereocenters. The molecular formula is C12H17NO5S. The van der Waals surface area contributed by atoms with Crippen LogP contribution in [-0.2, 0) is 14.6 Å². The number of methoxy groups -OCH3 is 1. The van der Waals surface area contributed by atoms with Crippen LogP contribution in [0.3, 0.4) is 0 Å². The van der Waals surface area contributed by atoms with Crippen molar-refractivity contribution in [2.45, 2.75) is 0 Å². The molecule has 1 aromatic carbocycles. The molecule has 0 bridgehead atoms. The first-order chi connectivity index (χ1) is 8.92. The van der Waals surface area contributed by atoms with Gasteiger partial charge >= 0.3 is 0 Å². The van der Waals surface area contributed by atoms with E-state index in [0.29, 0.717) is 11.5 Å². The second kappa shape index (κ2) is 6.98. The van der Waals surface area contributed by atoms with Crippen LogP contribution in [0.1, 0.15) is 0 Å². The van der Waals surface area contributed by atoms with Gasteiger partial charge in [-0.2, -0.15) is 0 Å². The van der Waals surface area contributed by atoms with Crippen molar-refractivity contribution in [3.63, 3.8) is 0 Å². The third kappa shape index (κ3) is 6.10. The van der Waals surface area contributed by atoms with Crippen LogP contribution in [0.25, 0.3) is 0 Å². The number of carbonyl (C=O) groups excluding carboxylic acids is 1. The summed E-state index contributed by atoms with van der Waals surface area (Å²) in [6, 6.07) is 6.96. The minimum absolute atomic E-state index is 0.0763. The van der Waals surface area contributed by atoms with Crippen LogP contribution < -0.4 is 14.8 Å². The molecule has 0 unspecified atom stereocenters. The second-order valence-corrected chi connectivity index (χ2v) is 6.18. The molecule has 1 rings (SSSR count). The minimum Gasteiger partial charge on any atom is -0.493 e. The smallest absolute Gasteiger partial charge is 0.257 e. The fourth-order valence-electron chi connectivity index (χ4n) is 1.31. The van der Waals surface area contributed by atoms with Crippen LogP contribution in [0.5, 0.6) is 11.5 Å². The summed E-state index contributed by atoms with van der Waals surface area (Å²) in [4.78, 5) is 11.4. The van der Waals surface area contributed by atoms with Crippen LogP contribution in [0.15, 0.2) is 24.3 Å². The molecule has 0 heterocycles. The van der Waals surface area contributed by atoms with Gasteiger partial charge in [0.25, 0.3) is 5.91 Å². The summed E-state index contributed by atoms with van der Waals surface area (Å²) < 4.78 is 32.1. The molecule has 106 valence electrons. The SMILES string of the molecule is COc1ccccc1OCC(=O)NCCS(C)(=O)=O. The quantitative estimate of drug-likeness (QED) is 0.776. The highest BCUT2D eigenvalue weighted by Gasteiger charge is 2.07. The van der Waals surface area contributed by atoms with Gasteiger partial charge in [0.2, 0.25) is 0 Å². The Morgan fingerprint density at radius 1 is 1.26 bits per heavy atom. The second-order valence-electron chi connectivity index (χ2n) is 3.92. The largest absolute Gasteiger partial charge is 0.493 e. The topological polar surface area (TPSA) is 81.7 Å². The van der Waals surface area contributed by atoms with Crippen molar-refractivity contribution in [2.75, 3.05) is 32.3 Å². The number of sulfone groups is 1. The number of amides is 1. The van der Waals surface area contributed by atoms with Gasteiger partial charge in [0, 0.05) is 12.8 Å². The number of carbonyl (C=O) groups is 1. The Morgan fingerprint density at radius 2 is 1.89 bits per heavy atom. The lowest BCUT2D eigenvalue weighted by atomic mass is 10.3. The summed E-state index contributed by atoms with van der Waals surface area (Å²) in [6.45, 7) is -0.114. The van der Waals surface area contributed by atoms with Gasteiger partial charge in [-0.25, -0.2) is 8.42 Å². The highest BCUT2D eigenvalue weighted by molar-refractivity contribution is 7.90. The number of benzene rings is 1. The summed E-state index contributed by atoms with van der Waals surface area (Å²) in [5, 5.41) is 2.46. The van der Waals surface area contributed by atoms with Gasteiger partial charge in [-0.15, -0.1) is 0 Å². The first kappa shape index (κ1) is 15.3. The number of hydrogen-bond acceptors (Lipinski definition) is 5. The molecule has 0 radical (unpaired) electrons. The zero-order valence-electron chi connectivity index (χ0n) is 10.9. The lowest BCUT2D eigenvalue weighted by Crippen LogP contribution is -2.32. The van der Waals surface area contributed by atoms with Gasteiger partial charge in [0.1, 0.15) is 9.84 Å². The van der Waals surface area contributed by atoms with Crippen molar-refractivity contribution in [3.05, 3.63) is 24.3 Å². The standard InChI is InChI=1S/C12H17NO5S/c1-17-10-5-3-4-6-11(10)18-9-12(14)13-7-8-19(2,15)16/h3-6H,7-9H2,1-2H3,(H,13,14). The van der Waals surface area contributed by atoms with E-state index in [1.54, 1.807) is 24.3 Å². The van der Waals surface area contributed by atoms with E-state index in [1.807, 2.05) is 0 Å². The van der Waals surface area contributed by atoms with Crippen molar-refractivity contribution in [1.29, 1.82) is 0 Å². The van der Waals surface area contributed by atoms with Crippen molar-refractivity contribution in [1.82, 2.24) is 5.32 Å². The number of ether oxygens (including phenoxy) is 2.